The van der Waals surface area contributed by atoms with Crippen molar-refractivity contribution in [1.29, 1.82) is 0 Å². The summed E-state index contributed by atoms with van der Waals surface area (Å²) in [6.07, 6.45) is 2.21. The Hall–Kier alpha value is -0.120. The van der Waals surface area contributed by atoms with Crippen LogP contribution in [0.3, 0.4) is 0 Å². The Bertz CT molecular complexity index is 107. The van der Waals surface area contributed by atoms with E-state index in [9.17, 15) is 0 Å². The lowest BCUT2D eigenvalue weighted by molar-refractivity contribution is 0.0329. The van der Waals surface area contributed by atoms with E-state index in [0.717, 1.165) is 26.1 Å². The summed E-state index contributed by atoms with van der Waals surface area (Å²) in [6, 6.07) is 0. The van der Waals surface area contributed by atoms with E-state index in [1.807, 2.05) is 0 Å². The van der Waals surface area contributed by atoms with Crippen LogP contribution in [0, 0.1) is 5.92 Å². The maximum atomic E-state index is 5.60. The van der Waals surface area contributed by atoms with Gasteiger partial charge in [-0.3, -0.25) is 0 Å². The number of nitrogens with two attached hydrogens (primary N) is 1. The van der Waals surface area contributed by atoms with Gasteiger partial charge < -0.3 is 15.2 Å². The smallest absolute Gasteiger partial charge is 0.0699 e. The highest BCUT2D eigenvalue weighted by Gasteiger charge is 2.08. The molecule has 0 aromatic rings. The van der Waals surface area contributed by atoms with Crippen molar-refractivity contribution in [1.82, 2.24) is 0 Å². The van der Waals surface area contributed by atoms with Crippen LogP contribution in [0.4, 0.5) is 0 Å². The van der Waals surface area contributed by atoms with Crippen LogP contribution in [0.2, 0.25) is 0 Å². The Kier molecular flexibility index (Phi) is 8.40. The minimum absolute atomic E-state index is 0.219. The van der Waals surface area contributed by atoms with E-state index in [0.29, 0.717) is 12.5 Å². The molecule has 0 aliphatic rings. The van der Waals surface area contributed by atoms with E-state index < -0.39 is 0 Å². The first-order valence-corrected chi connectivity index (χ1v) is 5.01. The summed E-state index contributed by atoms with van der Waals surface area (Å²) in [5.74, 6) is 0.649. The van der Waals surface area contributed by atoms with Crippen molar-refractivity contribution in [3.8, 4) is 0 Å². The molecule has 3 heteroatoms. The van der Waals surface area contributed by atoms with E-state index >= 15 is 0 Å². The predicted octanol–water partition coefficient (Wildman–Crippen LogP) is 1.41. The first-order chi connectivity index (χ1) is 6.20. The lowest BCUT2D eigenvalue weighted by atomic mass is 10.1. The third-order valence-electron chi connectivity index (χ3n) is 1.84. The average Bonchev–Trinajstić information content (AvgIpc) is 2.09. The second-order valence-electron chi connectivity index (χ2n) is 3.70. The van der Waals surface area contributed by atoms with Crippen molar-refractivity contribution in [2.24, 2.45) is 11.7 Å². The van der Waals surface area contributed by atoms with Crippen LogP contribution >= 0.6 is 0 Å². The fourth-order valence-electron chi connectivity index (χ4n) is 1.21. The third-order valence-corrected chi connectivity index (χ3v) is 1.84. The highest BCUT2D eigenvalue weighted by Crippen LogP contribution is 2.07. The summed E-state index contributed by atoms with van der Waals surface area (Å²) in [7, 11) is 1.70. The molecule has 0 aliphatic heterocycles. The lowest BCUT2D eigenvalue weighted by Gasteiger charge is -2.17. The fourth-order valence-corrected chi connectivity index (χ4v) is 1.21. The molecular formula is C10H23NO2. The van der Waals surface area contributed by atoms with E-state index in [-0.39, 0.29) is 6.10 Å². The number of hydrogen-bond acceptors (Lipinski definition) is 3. The quantitative estimate of drug-likeness (QED) is 0.587. The van der Waals surface area contributed by atoms with Gasteiger partial charge in [0, 0.05) is 26.9 Å². The van der Waals surface area contributed by atoms with Gasteiger partial charge in [0.25, 0.3) is 0 Å². The zero-order chi connectivity index (χ0) is 10.1. The molecule has 0 amide bonds. The van der Waals surface area contributed by atoms with Crippen LogP contribution < -0.4 is 5.73 Å². The highest BCUT2D eigenvalue weighted by atomic mass is 16.5. The van der Waals surface area contributed by atoms with Crippen LogP contribution in [0.25, 0.3) is 0 Å². The maximum absolute atomic E-state index is 5.60. The lowest BCUT2D eigenvalue weighted by Crippen LogP contribution is -2.26. The summed E-state index contributed by atoms with van der Waals surface area (Å²) in [4.78, 5) is 0. The van der Waals surface area contributed by atoms with Crippen LogP contribution in [0.15, 0.2) is 0 Å². The summed E-state index contributed by atoms with van der Waals surface area (Å²) in [5, 5.41) is 0. The Morgan fingerprint density at radius 2 is 1.92 bits per heavy atom. The third kappa shape index (κ3) is 8.22. The summed E-state index contributed by atoms with van der Waals surface area (Å²) < 4.78 is 10.5. The maximum Gasteiger partial charge on any atom is 0.0699 e. The number of hydrogen-bond donors (Lipinski definition) is 1. The van der Waals surface area contributed by atoms with E-state index in [1.54, 1.807) is 7.11 Å². The van der Waals surface area contributed by atoms with E-state index in [1.165, 1.54) is 0 Å². The van der Waals surface area contributed by atoms with Gasteiger partial charge in [0.1, 0.15) is 0 Å². The van der Waals surface area contributed by atoms with E-state index in [2.05, 4.69) is 13.8 Å². The van der Waals surface area contributed by atoms with Crippen molar-refractivity contribution in [3.05, 3.63) is 0 Å². The van der Waals surface area contributed by atoms with Crippen LogP contribution in [-0.2, 0) is 9.47 Å². The Morgan fingerprint density at radius 3 is 2.38 bits per heavy atom. The van der Waals surface area contributed by atoms with Gasteiger partial charge in [-0.05, 0) is 18.8 Å². The molecule has 0 fully saturated rings. The van der Waals surface area contributed by atoms with Gasteiger partial charge in [0.2, 0.25) is 0 Å². The van der Waals surface area contributed by atoms with E-state index in [4.69, 9.17) is 15.2 Å². The molecule has 3 nitrogen and oxygen atoms in total. The second-order valence-corrected chi connectivity index (χ2v) is 3.70. The molecule has 1 atom stereocenters. The van der Waals surface area contributed by atoms with Gasteiger partial charge in [-0.15, -0.1) is 0 Å². The number of rotatable bonds is 8. The molecule has 0 bridgehead atoms. The highest BCUT2D eigenvalue weighted by molar-refractivity contribution is 4.61. The van der Waals surface area contributed by atoms with Crippen molar-refractivity contribution in [2.45, 2.75) is 32.8 Å². The van der Waals surface area contributed by atoms with Crippen molar-refractivity contribution in [2.75, 3.05) is 26.9 Å². The second kappa shape index (κ2) is 8.48. The first-order valence-electron chi connectivity index (χ1n) is 5.01. The molecule has 0 heterocycles. The Balaban J connectivity index is 3.36. The van der Waals surface area contributed by atoms with Gasteiger partial charge >= 0.3 is 0 Å². The average molecular weight is 189 g/mol. The summed E-state index contributed by atoms with van der Waals surface area (Å²) in [6.45, 7) is 6.49. The molecule has 0 radical (unpaired) electrons. The molecule has 0 saturated carbocycles. The number of ether oxygens (including phenoxy) is 2. The normalized spacial score (nSPS) is 13.6. The van der Waals surface area contributed by atoms with Crippen molar-refractivity contribution in [3.63, 3.8) is 0 Å². The standard InChI is InChI=1S/C10H23NO2/c1-9(2)7-10(8-11)13-6-4-5-12-3/h9-10H,4-8,11H2,1-3H3. The molecule has 0 aliphatic carbocycles. The van der Waals surface area contributed by atoms with Gasteiger partial charge in [-0.2, -0.15) is 0 Å². The van der Waals surface area contributed by atoms with Crippen LogP contribution in [0.1, 0.15) is 26.7 Å². The molecule has 2 N–H and O–H groups in total. The van der Waals surface area contributed by atoms with Gasteiger partial charge in [0.05, 0.1) is 6.10 Å². The monoisotopic (exact) mass is 189 g/mol. The van der Waals surface area contributed by atoms with Gasteiger partial charge in [-0.25, -0.2) is 0 Å². The zero-order valence-electron chi connectivity index (χ0n) is 9.08. The SMILES string of the molecule is COCCCOC(CN)CC(C)C. The molecular weight excluding hydrogens is 166 g/mol. The minimum Gasteiger partial charge on any atom is -0.385 e. The molecule has 0 saturated heterocycles. The minimum atomic E-state index is 0.219. The fraction of sp³-hybridized carbons (Fsp3) is 1.00. The summed E-state index contributed by atoms with van der Waals surface area (Å²) in [5.41, 5.74) is 5.58. The topological polar surface area (TPSA) is 44.5 Å². The zero-order valence-corrected chi connectivity index (χ0v) is 9.08. The Morgan fingerprint density at radius 1 is 1.23 bits per heavy atom. The molecule has 0 rings (SSSR count). The Labute approximate surface area is 81.6 Å². The predicted molar refractivity (Wildman–Crippen MR) is 54.7 cm³/mol. The van der Waals surface area contributed by atoms with Gasteiger partial charge in [-0.1, -0.05) is 13.8 Å². The molecule has 80 valence electrons. The largest absolute Gasteiger partial charge is 0.385 e. The molecule has 1 unspecified atom stereocenters. The number of methoxy groups -OCH3 is 1. The van der Waals surface area contributed by atoms with Crippen molar-refractivity contribution < 1.29 is 9.47 Å². The summed E-state index contributed by atoms with van der Waals surface area (Å²) >= 11 is 0. The van der Waals surface area contributed by atoms with Crippen molar-refractivity contribution >= 4 is 0 Å². The molecule has 0 aromatic carbocycles. The molecule has 0 spiro atoms. The molecule has 13 heavy (non-hydrogen) atoms. The first kappa shape index (κ1) is 12.9. The van der Waals surface area contributed by atoms with Crippen LogP contribution in [0.5, 0.6) is 0 Å². The van der Waals surface area contributed by atoms with Gasteiger partial charge in [0.15, 0.2) is 0 Å². The van der Waals surface area contributed by atoms with Crippen LogP contribution in [-0.4, -0.2) is 33.0 Å². The molecule has 0 aromatic heterocycles.